The van der Waals surface area contributed by atoms with E-state index >= 15 is 0 Å². The summed E-state index contributed by atoms with van der Waals surface area (Å²) >= 11 is 0. The molecular weight excluding hydrogens is 386 g/mol. The predicted octanol–water partition coefficient (Wildman–Crippen LogP) is 5.07. The highest BCUT2D eigenvalue weighted by Gasteiger charge is 2.28. The Hall–Kier alpha value is -2.18. The number of nitrogens with zero attached hydrogens (tertiary/aromatic N) is 4. The van der Waals surface area contributed by atoms with Crippen LogP contribution in [-0.4, -0.2) is 47.2 Å². The van der Waals surface area contributed by atoms with Crippen LogP contribution in [0.3, 0.4) is 0 Å². The highest BCUT2D eigenvalue weighted by molar-refractivity contribution is 5.63. The van der Waals surface area contributed by atoms with Crippen molar-refractivity contribution in [1.82, 2.24) is 14.9 Å². The summed E-state index contributed by atoms with van der Waals surface area (Å²) in [6, 6.07) is 9.43. The second-order valence-corrected chi connectivity index (χ2v) is 9.04. The third kappa shape index (κ3) is 5.01. The van der Waals surface area contributed by atoms with Gasteiger partial charge < -0.3 is 15.0 Å². The van der Waals surface area contributed by atoms with E-state index in [0.717, 1.165) is 62.5 Å². The van der Waals surface area contributed by atoms with Gasteiger partial charge in [0.25, 0.3) is 0 Å². The standard InChI is InChI=1S/C25H37N5O/c1-5-7-19(6-2)20-8-10-21(11-9-20)26-24-22-16-30(18(3)4)17-23(22)27-25(28-24)29-12-14-31-15-13-29/h8-11,18-19H,5-7,12-17H2,1-4H3,(H,26,27,28). The van der Waals surface area contributed by atoms with Crippen LogP contribution in [0.1, 0.15) is 69.7 Å². The monoisotopic (exact) mass is 423 g/mol. The number of hydrogen-bond acceptors (Lipinski definition) is 6. The Morgan fingerprint density at radius 3 is 2.42 bits per heavy atom. The zero-order valence-electron chi connectivity index (χ0n) is 19.5. The number of aromatic nitrogens is 2. The molecule has 1 aromatic heterocycles. The van der Waals surface area contributed by atoms with Gasteiger partial charge in [-0.15, -0.1) is 0 Å². The van der Waals surface area contributed by atoms with Gasteiger partial charge in [0.2, 0.25) is 5.95 Å². The molecule has 6 heteroatoms. The van der Waals surface area contributed by atoms with Crippen LogP contribution >= 0.6 is 0 Å². The fraction of sp³-hybridized carbons (Fsp3) is 0.600. The average Bonchev–Trinajstić information content (AvgIpc) is 3.24. The summed E-state index contributed by atoms with van der Waals surface area (Å²) in [6.45, 7) is 14.0. The highest BCUT2D eigenvalue weighted by Crippen LogP contribution is 2.33. The molecule has 1 N–H and O–H groups in total. The molecule has 1 fully saturated rings. The molecule has 2 aromatic rings. The Kier molecular flexibility index (Phi) is 7.08. The number of benzene rings is 1. The number of anilines is 3. The van der Waals surface area contributed by atoms with Crippen molar-refractivity contribution in [1.29, 1.82) is 0 Å². The number of nitrogens with one attached hydrogen (secondary N) is 1. The van der Waals surface area contributed by atoms with E-state index in [4.69, 9.17) is 14.7 Å². The van der Waals surface area contributed by atoms with Gasteiger partial charge in [0.1, 0.15) is 5.82 Å². The molecule has 168 valence electrons. The fourth-order valence-electron chi connectivity index (χ4n) is 4.57. The average molecular weight is 424 g/mol. The Morgan fingerprint density at radius 1 is 1.03 bits per heavy atom. The highest BCUT2D eigenvalue weighted by atomic mass is 16.5. The summed E-state index contributed by atoms with van der Waals surface area (Å²) in [5, 5.41) is 3.62. The molecule has 1 unspecified atom stereocenters. The van der Waals surface area contributed by atoms with E-state index in [1.165, 1.54) is 30.4 Å². The lowest BCUT2D eigenvalue weighted by atomic mass is 9.92. The van der Waals surface area contributed by atoms with Crippen molar-refractivity contribution in [2.24, 2.45) is 0 Å². The van der Waals surface area contributed by atoms with Crippen molar-refractivity contribution < 1.29 is 4.74 Å². The molecule has 0 amide bonds. The molecule has 31 heavy (non-hydrogen) atoms. The van der Waals surface area contributed by atoms with E-state index in [0.29, 0.717) is 12.0 Å². The van der Waals surface area contributed by atoms with Gasteiger partial charge in [-0.25, -0.2) is 4.98 Å². The van der Waals surface area contributed by atoms with Crippen LogP contribution in [0.2, 0.25) is 0 Å². The summed E-state index contributed by atoms with van der Waals surface area (Å²) < 4.78 is 5.52. The van der Waals surface area contributed by atoms with Gasteiger partial charge in [-0.1, -0.05) is 32.4 Å². The normalized spacial score (nSPS) is 17.8. The minimum Gasteiger partial charge on any atom is -0.378 e. The first kappa shape index (κ1) is 22.0. The van der Waals surface area contributed by atoms with Crippen LogP contribution in [-0.2, 0) is 17.8 Å². The molecule has 1 aromatic carbocycles. The topological polar surface area (TPSA) is 53.5 Å². The van der Waals surface area contributed by atoms with Gasteiger partial charge in [-0.3, -0.25) is 4.90 Å². The number of morpholine rings is 1. The van der Waals surface area contributed by atoms with Gasteiger partial charge in [-0.2, -0.15) is 4.98 Å². The smallest absolute Gasteiger partial charge is 0.227 e. The van der Waals surface area contributed by atoms with Crippen LogP contribution in [0.4, 0.5) is 17.5 Å². The Balaban J connectivity index is 1.60. The van der Waals surface area contributed by atoms with E-state index in [1.54, 1.807) is 0 Å². The molecule has 3 heterocycles. The van der Waals surface area contributed by atoms with Gasteiger partial charge in [0.05, 0.1) is 18.9 Å². The molecule has 4 rings (SSSR count). The Labute approximate surface area is 187 Å². The molecule has 0 aliphatic carbocycles. The van der Waals surface area contributed by atoms with Crippen molar-refractivity contribution in [3.05, 3.63) is 41.1 Å². The molecule has 2 aliphatic rings. The first-order valence-electron chi connectivity index (χ1n) is 11.9. The summed E-state index contributed by atoms with van der Waals surface area (Å²) in [5.41, 5.74) is 4.90. The Morgan fingerprint density at radius 2 is 1.77 bits per heavy atom. The predicted molar refractivity (Wildman–Crippen MR) is 127 cm³/mol. The van der Waals surface area contributed by atoms with Crippen molar-refractivity contribution >= 4 is 17.5 Å². The summed E-state index contributed by atoms with van der Waals surface area (Å²) in [4.78, 5) is 14.6. The van der Waals surface area contributed by atoms with E-state index in [2.05, 4.69) is 67.1 Å². The zero-order chi connectivity index (χ0) is 21.8. The molecule has 1 saturated heterocycles. The van der Waals surface area contributed by atoms with Gasteiger partial charge in [0.15, 0.2) is 0 Å². The maximum Gasteiger partial charge on any atom is 0.227 e. The van der Waals surface area contributed by atoms with Crippen LogP contribution in [0.15, 0.2) is 24.3 Å². The van der Waals surface area contributed by atoms with Crippen LogP contribution in [0.25, 0.3) is 0 Å². The van der Waals surface area contributed by atoms with Crippen molar-refractivity contribution in [3.63, 3.8) is 0 Å². The lowest BCUT2D eigenvalue weighted by Crippen LogP contribution is -2.37. The fourth-order valence-corrected chi connectivity index (χ4v) is 4.57. The van der Waals surface area contributed by atoms with Gasteiger partial charge in [-0.05, 0) is 50.3 Å². The first-order valence-corrected chi connectivity index (χ1v) is 11.9. The third-order valence-electron chi connectivity index (χ3n) is 6.59. The summed E-state index contributed by atoms with van der Waals surface area (Å²) in [6.07, 6.45) is 3.66. The van der Waals surface area contributed by atoms with Crippen LogP contribution in [0.5, 0.6) is 0 Å². The van der Waals surface area contributed by atoms with Crippen molar-refractivity contribution in [2.75, 3.05) is 36.5 Å². The number of fused-ring (bicyclic) bond motifs is 1. The van der Waals surface area contributed by atoms with E-state index in [1.807, 2.05) is 0 Å². The minimum atomic E-state index is 0.484. The molecule has 0 radical (unpaired) electrons. The Bertz CT molecular complexity index is 861. The quantitative estimate of drug-likeness (QED) is 0.639. The molecule has 1 atom stereocenters. The summed E-state index contributed by atoms with van der Waals surface area (Å²) in [5.74, 6) is 2.42. The number of rotatable bonds is 8. The molecule has 2 aliphatic heterocycles. The van der Waals surface area contributed by atoms with Crippen molar-refractivity contribution in [2.45, 2.75) is 72.0 Å². The maximum absolute atomic E-state index is 5.52. The van der Waals surface area contributed by atoms with Crippen LogP contribution in [0, 0.1) is 0 Å². The second kappa shape index (κ2) is 9.96. The zero-order valence-corrected chi connectivity index (χ0v) is 19.5. The molecular formula is C25H37N5O. The van der Waals surface area contributed by atoms with Gasteiger partial charge in [0, 0.05) is 43.5 Å². The maximum atomic E-state index is 5.52. The summed E-state index contributed by atoms with van der Waals surface area (Å²) in [7, 11) is 0. The molecule has 0 bridgehead atoms. The first-order chi connectivity index (χ1) is 15.1. The molecule has 0 saturated carbocycles. The second-order valence-electron chi connectivity index (χ2n) is 9.04. The number of hydrogen-bond donors (Lipinski definition) is 1. The minimum absolute atomic E-state index is 0.484. The van der Waals surface area contributed by atoms with Gasteiger partial charge >= 0.3 is 0 Å². The number of ether oxygens (including phenoxy) is 1. The van der Waals surface area contributed by atoms with Crippen LogP contribution < -0.4 is 10.2 Å². The van der Waals surface area contributed by atoms with E-state index < -0.39 is 0 Å². The molecule has 6 nitrogen and oxygen atoms in total. The van der Waals surface area contributed by atoms with Crippen molar-refractivity contribution in [3.8, 4) is 0 Å². The van der Waals surface area contributed by atoms with E-state index in [-0.39, 0.29) is 0 Å². The third-order valence-corrected chi connectivity index (χ3v) is 6.59. The SMILES string of the molecule is CCCC(CC)c1ccc(Nc2nc(N3CCOCC3)nc3c2CN(C(C)C)C3)cc1. The molecule has 0 spiro atoms. The van der Waals surface area contributed by atoms with E-state index in [9.17, 15) is 0 Å². The lowest BCUT2D eigenvalue weighted by molar-refractivity contribution is 0.122. The largest absolute Gasteiger partial charge is 0.378 e. The lowest BCUT2D eigenvalue weighted by Gasteiger charge is -2.27.